The summed E-state index contributed by atoms with van der Waals surface area (Å²) in [7, 11) is 0. The molecule has 0 unspecified atom stereocenters. The zero-order chi connectivity index (χ0) is 19.1. The van der Waals surface area contributed by atoms with E-state index < -0.39 is 0 Å². The Balaban J connectivity index is 1.50. The summed E-state index contributed by atoms with van der Waals surface area (Å²) in [6.07, 6.45) is 1.70. The first kappa shape index (κ1) is 18.6. The number of aryl methyl sites for hydroxylation is 1. The minimum absolute atomic E-state index is 0.339. The number of benzene rings is 2. The highest BCUT2D eigenvalue weighted by atomic mass is 32.1. The molecule has 1 heterocycles. The monoisotopic (exact) mass is 380 g/mol. The molecule has 0 atom stereocenters. The normalized spacial score (nSPS) is 10.3. The molecule has 0 amide bonds. The molecule has 0 aliphatic carbocycles. The average molecular weight is 380 g/mol. The lowest BCUT2D eigenvalue weighted by molar-refractivity contribution is 0.363. The predicted molar refractivity (Wildman–Crippen MR) is 110 cm³/mol. The van der Waals surface area contributed by atoms with Crippen molar-refractivity contribution in [2.75, 3.05) is 11.9 Å². The average Bonchev–Trinajstić information content (AvgIpc) is 3.15. The molecular weight excluding hydrogens is 360 g/mol. The number of nitrogens with one attached hydrogen (secondary N) is 2. The third kappa shape index (κ3) is 5.39. The first-order chi connectivity index (χ1) is 13.1. The number of hydrogen-bond acceptors (Lipinski definition) is 5. The molecule has 0 fully saturated rings. The fourth-order valence-electron chi connectivity index (χ4n) is 2.27. The molecule has 0 spiro atoms. The molecule has 138 valence electrons. The van der Waals surface area contributed by atoms with Gasteiger partial charge in [-0.25, -0.2) is 0 Å². The smallest absolute Gasteiger partial charge is 0.246 e. The largest absolute Gasteiger partial charge is 0.490 e. The second-order valence-corrected chi connectivity index (χ2v) is 6.22. The Morgan fingerprint density at radius 2 is 1.93 bits per heavy atom. The number of thiocarbonyl (C=S) groups is 1. The Labute approximate surface area is 163 Å². The van der Waals surface area contributed by atoms with Crippen molar-refractivity contribution in [3.63, 3.8) is 0 Å². The van der Waals surface area contributed by atoms with Crippen molar-refractivity contribution in [2.24, 2.45) is 0 Å². The highest BCUT2D eigenvalue weighted by Gasteiger charge is 2.09. The van der Waals surface area contributed by atoms with Crippen LogP contribution in [-0.4, -0.2) is 21.9 Å². The molecule has 2 aromatic carbocycles. The lowest BCUT2D eigenvalue weighted by Crippen LogP contribution is -2.27. The number of hydrogen-bond donors (Lipinski definition) is 2. The third-order valence-electron chi connectivity index (χ3n) is 3.66. The summed E-state index contributed by atoms with van der Waals surface area (Å²) in [6.45, 7) is 6.47. The number of aromatic nitrogens is 2. The first-order valence-electron chi connectivity index (χ1n) is 8.42. The van der Waals surface area contributed by atoms with Gasteiger partial charge in [-0.2, -0.15) is 4.98 Å². The van der Waals surface area contributed by atoms with Gasteiger partial charge < -0.3 is 19.9 Å². The lowest BCUT2D eigenvalue weighted by atomic mass is 10.1. The Hall–Kier alpha value is -3.19. The molecular formula is C20H20N4O2S. The molecule has 6 nitrogen and oxygen atoms in total. The van der Waals surface area contributed by atoms with Crippen LogP contribution in [0, 0.1) is 6.92 Å². The SMILES string of the molecule is C=CCOc1ccc(NC(=S)NCc2nc(-c3ccc(C)cc3)no2)cc1. The molecule has 27 heavy (non-hydrogen) atoms. The molecule has 3 aromatic rings. The van der Waals surface area contributed by atoms with Crippen molar-refractivity contribution in [3.8, 4) is 17.1 Å². The molecule has 7 heteroatoms. The van der Waals surface area contributed by atoms with Gasteiger partial charge in [0.1, 0.15) is 12.4 Å². The third-order valence-corrected chi connectivity index (χ3v) is 3.90. The topological polar surface area (TPSA) is 72.2 Å². The second-order valence-electron chi connectivity index (χ2n) is 5.81. The molecule has 1 aromatic heterocycles. The molecule has 0 bridgehead atoms. The van der Waals surface area contributed by atoms with Crippen LogP contribution in [0.1, 0.15) is 11.5 Å². The Bertz CT molecular complexity index is 904. The molecule has 0 radical (unpaired) electrons. The molecule has 3 rings (SSSR count). The molecule has 0 aliphatic rings. The van der Waals surface area contributed by atoms with Crippen molar-refractivity contribution in [3.05, 3.63) is 72.6 Å². The van der Waals surface area contributed by atoms with Crippen LogP contribution in [0.5, 0.6) is 5.75 Å². The first-order valence-corrected chi connectivity index (χ1v) is 8.83. The van der Waals surface area contributed by atoms with E-state index in [0.29, 0.717) is 30.0 Å². The summed E-state index contributed by atoms with van der Waals surface area (Å²) >= 11 is 5.30. The lowest BCUT2D eigenvalue weighted by Gasteiger charge is -2.09. The number of anilines is 1. The van der Waals surface area contributed by atoms with Crippen molar-refractivity contribution in [2.45, 2.75) is 13.5 Å². The van der Waals surface area contributed by atoms with Crippen LogP contribution in [-0.2, 0) is 6.54 Å². The van der Waals surface area contributed by atoms with Crippen molar-refractivity contribution in [1.82, 2.24) is 15.5 Å². The summed E-state index contributed by atoms with van der Waals surface area (Å²) in [5, 5.41) is 10.6. The van der Waals surface area contributed by atoms with Crippen LogP contribution < -0.4 is 15.4 Å². The van der Waals surface area contributed by atoms with E-state index in [9.17, 15) is 0 Å². The summed E-state index contributed by atoms with van der Waals surface area (Å²) in [6, 6.07) is 15.4. The summed E-state index contributed by atoms with van der Waals surface area (Å²) in [5.41, 5.74) is 2.94. The predicted octanol–water partition coefficient (Wildman–Crippen LogP) is 4.10. The van der Waals surface area contributed by atoms with Crippen molar-refractivity contribution < 1.29 is 9.26 Å². The van der Waals surface area contributed by atoms with Gasteiger partial charge in [-0.3, -0.25) is 0 Å². The van der Waals surface area contributed by atoms with Gasteiger partial charge in [0, 0.05) is 11.3 Å². The highest BCUT2D eigenvalue weighted by molar-refractivity contribution is 7.80. The zero-order valence-electron chi connectivity index (χ0n) is 14.9. The molecule has 0 saturated heterocycles. The summed E-state index contributed by atoms with van der Waals surface area (Å²) in [4.78, 5) is 4.38. The number of ether oxygens (including phenoxy) is 1. The van der Waals surface area contributed by atoms with Gasteiger partial charge in [0.2, 0.25) is 11.7 Å². The molecule has 0 saturated carbocycles. The van der Waals surface area contributed by atoms with Crippen LogP contribution in [0.25, 0.3) is 11.4 Å². The van der Waals surface area contributed by atoms with Crippen molar-refractivity contribution in [1.29, 1.82) is 0 Å². The van der Waals surface area contributed by atoms with Crippen LogP contribution in [0.2, 0.25) is 0 Å². The van der Waals surface area contributed by atoms with E-state index in [2.05, 4.69) is 27.4 Å². The highest BCUT2D eigenvalue weighted by Crippen LogP contribution is 2.17. The maximum atomic E-state index is 5.44. The van der Waals surface area contributed by atoms with Crippen LogP contribution in [0.15, 0.2) is 65.7 Å². The Morgan fingerprint density at radius 3 is 2.63 bits per heavy atom. The van der Waals surface area contributed by atoms with Gasteiger partial charge in [-0.15, -0.1) is 0 Å². The van der Waals surface area contributed by atoms with Gasteiger partial charge in [0.05, 0.1) is 6.54 Å². The van der Waals surface area contributed by atoms with Gasteiger partial charge in [-0.1, -0.05) is 47.6 Å². The van der Waals surface area contributed by atoms with E-state index in [4.69, 9.17) is 21.5 Å². The van der Waals surface area contributed by atoms with E-state index in [0.717, 1.165) is 17.0 Å². The van der Waals surface area contributed by atoms with Crippen molar-refractivity contribution >= 4 is 23.0 Å². The van der Waals surface area contributed by atoms with Gasteiger partial charge in [-0.05, 0) is 43.4 Å². The maximum absolute atomic E-state index is 5.44. The molecule has 2 N–H and O–H groups in total. The van der Waals surface area contributed by atoms with Crippen LogP contribution in [0.4, 0.5) is 5.69 Å². The van der Waals surface area contributed by atoms with Gasteiger partial charge in [0.15, 0.2) is 5.11 Å². The second kappa shape index (κ2) is 8.95. The quantitative estimate of drug-likeness (QED) is 0.472. The van der Waals surface area contributed by atoms with E-state index in [-0.39, 0.29) is 0 Å². The van der Waals surface area contributed by atoms with Gasteiger partial charge >= 0.3 is 0 Å². The fourth-order valence-corrected chi connectivity index (χ4v) is 2.46. The van der Waals surface area contributed by atoms with E-state index in [1.54, 1.807) is 6.08 Å². The fraction of sp³-hybridized carbons (Fsp3) is 0.150. The maximum Gasteiger partial charge on any atom is 0.246 e. The number of nitrogens with zero attached hydrogens (tertiary/aromatic N) is 2. The van der Waals surface area contributed by atoms with E-state index in [1.807, 2.05) is 55.5 Å². The summed E-state index contributed by atoms with van der Waals surface area (Å²) < 4.78 is 10.7. The zero-order valence-corrected chi connectivity index (χ0v) is 15.8. The van der Waals surface area contributed by atoms with Crippen LogP contribution in [0.3, 0.4) is 0 Å². The standard InChI is InChI=1S/C20H20N4O2S/c1-3-12-25-17-10-8-16(9-11-17)22-20(27)21-13-18-23-19(24-26-18)15-6-4-14(2)5-7-15/h3-11H,1,12-13H2,2H3,(H2,21,22,27). The van der Waals surface area contributed by atoms with Crippen LogP contribution >= 0.6 is 12.2 Å². The minimum Gasteiger partial charge on any atom is -0.490 e. The Kier molecular flexibility index (Phi) is 6.17. The summed E-state index contributed by atoms with van der Waals surface area (Å²) in [5.74, 6) is 1.79. The van der Waals surface area contributed by atoms with E-state index >= 15 is 0 Å². The Morgan fingerprint density at radius 1 is 1.19 bits per heavy atom. The minimum atomic E-state index is 0.339. The molecule has 0 aliphatic heterocycles. The van der Waals surface area contributed by atoms with E-state index in [1.165, 1.54) is 5.56 Å². The van der Waals surface area contributed by atoms with Gasteiger partial charge in [0.25, 0.3) is 0 Å². The number of rotatable bonds is 7.